The second-order valence-electron chi connectivity index (χ2n) is 5.38. The number of nitrogens with one attached hydrogen (secondary N) is 1. The van der Waals surface area contributed by atoms with E-state index < -0.39 is 5.60 Å². The van der Waals surface area contributed by atoms with Gasteiger partial charge in [-0.1, -0.05) is 6.92 Å². The molecule has 0 aliphatic rings. The molecule has 1 rings (SSSR count). The first-order valence-electron chi connectivity index (χ1n) is 6.49. The average Bonchev–Trinajstić information content (AvgIpc) is 2.64. The lowest BCUT2D eigenvalue weighted by Crippen LogP contribution is -2.31. The molecular weight excluding hydrogens is 228 g/mol. The molecule has 0 fully saturated rings. The molecule has 1 aromatic heterocycles. The number of carbonyl (C=O) groups is 1. The lowest BCUT2D eigenvalue weighted by molar-refractivity contribution is -0.153. The molecular formula is C14H24N2O2. The predicted octanol–water partition coefficient (Wildman–Crippen LogP) is 2.33. The van der Waals surface area contributed by atoms with E-state index in [0.717, 1.165) is 13.0 Å². The maximum Gasteiger partial charge on any atom is 0.320 e. The molecule has 0 aromatic carbocycles. The Morgan fingerprint density at radius 1 is 1.44 bits per heavy atom. The highest BCUT2D eigenvalue weighted by molar-refractivity contribution is 5.72. The van der Waals surface area contributed by atoms with E-state index in [1.54, 1.807) is 0 Å². The van der Waals surface area contributed by atoms with Crippen molar-refractivity contribution < 1.29 is 9.53 Å². The van der Waals surface area contributed by atoms with Gasteiger partial charge in [0, 0.05) is 25.0 Å². The summed E-state index contributed by atoms with van der Waals surface area (Å²) in [5.74, 6) is -0.212. The number of aryl methyl sites for hydroxylation is 1. The van der Waals surface area contributed by atoms with Gasteiger partial charge in [0.15, 0.2) is 0 Å². The zero-order chi connectivity index (χ0) is 13.6. The lowest BCUT2D eigenvalue weighted by Gasteiger charge is -2.19. The molecule has 18 heavy (non-hydrogen) atoms. The summed E-state index contributed by atoms with van der Waals surface area (Å²) in [6.07, 6.45) is 3.17. The van der Waals surface area contributed by atoms with Crippen LogP contribution in [0.15, 0.2) is 18.3 Å². The topological polar surface area (TPSA) is 43.3 Å². The van der Waals surface area contributed by atoms with Crippen LogP contribution in [0, 0.1) is 0 Å². The molecule has 0 spiro atoms. The molecule has 1 N–H and O–H groups in total. The van der Waals surface area contributed by atoms with Crippen LogP contribution >= 0.6 is 0 Å². The van der Waals surface area contributed by atoms with Gasteiger partial charge in [-0.05, 0) is 39.3 Å². The largest absolute Gasteiger partial charge is 0.459 e. The number of hydrogen-bond acceptors (Lipinski definition) is 3. The van der Waals surface area contributed by atoms with Gasteiger partial charge in [0.05, 0.1) is 6.54 Å². The maximum absolute atomic E-state index is 11.5. The van der Waals surface area contributed by atoms with E-state index in [0.29, 0.717) is 6.54 Å². The van der Waals surface area contributed by atoms with E-state index in [1.807, 2.05) is 26.8 Å². The average molecular weight is 252 g/mol. The third-order valence-electron chi connectivity index (χ3n) is 2.38. The minimum absolute atomic E-state index is 0.212. The molecule has 0 bridgehead atoms. The normalized spacial score (nSPS) is 11.6. The Morgan fingerprint density at radius 3 is 2.78 bits per heavy atom. The van der Waals surface area contributed by atoms with Crippen molar-refractivity contribution in [1.82, 2.24) is 9.88 Å². The fraction of sp³-hybridized carbons (Fsp3) is 0.643. The van der Waals surface area contributed by atoms with E-state index in [1.165, 1.54) is 5.69 Å². The van der Waals surface area contributed by atoms with Crippen LogP contribution in [-0.4, -0.2) is 22.7 Å². The van der Waals surface area contributed by atoms with Crippen molar-refractivity contribution in [1.29, 1.82) is 0 Å². The van der Waals surface area contributed by atoms with Gasteiger partial charge < -0.3 is 14.6 Å². The van der Waals surface area contributed by atoms with E-state index in [4.69, 9.17) is 4.74 Å². The molecule has 0 radical (unpaired) electrons. The van der Waals surface area contributed by atoms with Gasteiger partial charge in [-0.3, -0.25) is 4.79 Å². The number of hydrogen-bond donors (Lipinski definition) is 1. The fourth-order valence-electron chi connectivity index (χ4n) is 1.74. The number of nitrogens with zero attached hydrogens (tertiary/aromatic N) is 1. The van der Waals surface area contributed by atoms with Crippen LogP contribution in [0.2, 0.25) is 0 Å². The van der Waals surface area contributed by atoms with Crippen molar-refractivity contribution in [2.75, 3.05) is 6.54 Å². The van der Waals surface area contributed by atoms with Gasteiger partial charge in [-0.15, -0.1) is 0 Å². The van der Waals surface area contributed by atoms with E-state index in [2.05, 4.69) is 29.1 Å². The quantitative estimate of drug-likeness (QED) is 0.790. The minimum atomic E-state index is -0.415. The van der Waals surface area contributed by atoms with Crippen molar-refractivity contribution in [2.45, 2.75) is 52.8 Å². The summed E-state index contributed by atoms with van der Waals surface area (Å²) in [7, 11) is 0. The zero-order valence-corrected chi connectivity index (χ0v) is 11.8. The SMILES string of the molecule is CCCn1cccc1CNCC(=O)OC(C)(C)C. The molecule has 0 aliphatic carbocycles. The summed E-state index contributed by atoms with van der Waals surface area (Å²) in [6.45, 7) is 9.71. The number of ether oxygens (including phenoxy) is 1. The third kappa shape index (κ3) is 5.36. The van der Waals surface area contributed by atoms with Gasteiger partial charge in [0.1, 0.15) is 5.60 Å². The predicted molar refractivity (Wildman–Crippen MR) is 72.3 cm³/mol. The smallest absolute Gasteiger partial charge is 0.320 e. The van der Waals surface area contributed by atoms with Crippen molar-refractivity contribution in [2.24, 2.45) is 0 Å². The minimum Gasteiger partial charge on any atom is -0.459 e. The Bertz CT molecular complexity index is 377. The van der Waals surface area contributed by atoms with Crippen molar-refractivity contribution in [3.8, 4) is 0 Å². The summed E-state index contributed by atoms with van der Waals surface area (Å²) in [5, 5.41) is 3.11. The van der Waals surface area contributed by atoms with E-state index in [-0.39, 0.29) is 12.5 Å². The van der Waals surface area contributed by atoms with Crippen LogP contribution in [0.5, 0.6) is 0 Å². The number of rotatable bonds is 6. The molecule has 4 heteroatoms. The van der Waals surface area contributed by atoms with Crippen LogP contribution in [0.25, 0.3) is 0 Å². The Morgan fingerprint density at radius 2 is 2.17 bits per heavy atom. The summed E-state index contributed by atoms with van der Waals surface area (Å²) in [4.78, 5) is 11.5. The summed E-state index contributed by atoms with van der Waals surface area (Å²) >= 11 is 0. The van der Waals surface area contributed by atoms with E-state index >= 15 is 0 Å². The highest BCUT2D eigenvalue weighted by Crippen LogP contribution is 2.07. The van der Waals surface area contributed by atoms with Gasteiger partial charge in [0.2, 0.25) is 0 Å². The van der Waals surface area contributed by atoms with Crippen molar-refractivity contribution in [3.63, 3.8) is 0 Å². The highest BCUT2D eigenvalue weighted by Gasteiger charge is 2.15. The van der Waals surface area contributed by atoms with Crippen molar-refractivity contribution >= 4 is 5.97 Å². The van der Waals surface area contributed by atoms with Crippen LogP contribution in [-0.2, 0) is 22.6 Å². The first kappa shape index (κ1) is 14.8. The standard InChI is InChI=1S/C14H24N2O2/c1-5-8-16-9-6-7-12(16)10-15-11-13(17)18-14(2,3)4/h6-7,9,15H,5,8,10-11H2,1-4H3. The molecule has 0 amide bonds. The summed E-state index contributed by atoms with van der Waals surface area (Å²) in [5.41, 5.74) is 0.779. The van der Waals surface area contributed by atoms with Gasteiger partial charge in [0.25, 0.3) is 0 Å². The van der Waals surface area contributed by atoms with Gasteiger partial charge in [-0.2, -0.15) is 0 Å². The Kier molecular flexibility index (Phi) is 5.41. The highest BCUT2D eigenvalue weighted by atomic mass is 16.6. The Labute approximate surface area is 109 Å². The monoisotopic (exact) mass is 252 g/mol. The molecule has 0 aliphatic heterocycles. The Balaban J connectivity index is 2.33. The molecule has 0 atom stereocenters. The number of aromatic nitrogens is 1. The van der Waals surface area contributed by atoms with E-state index in [9.17, 15) is 4.79 Å². The molecule has 1 heterocycles. The van der Waals surface area contributed by atoms with Crippen LogP contribution in [0.1, 0.15) is 39.8 Å². The summed E-state index contributed by atoms with van der Waals surface area (Å²) < 4.78 is 7.42. The molecule has 102 valence electrons. The number of esters is 1. The first-order chi connectivity index (χ1) is 8.42. The lowest BCUT2D eigenvalue weighted by atomic mass is 10.2. The molecule has 0 unspecified atom stereocenters. The fourth-order valence-corrected chi connectivity index (χ4v) is 1.74. The van der Waals surface area contributed by atoms with Crippen LogP contribution in [0.3, 0.4) is 0 Å². The van der Waals surface area contributed by atoms with Crippen LogP contribution < -0.4 is 5.32 Å². The zero-order valence-electron chi connectivity index (χ0n) is 11.8. The second-order valence-corrected chi connectivity index (χ2v) is 5.38. The molecule has 0 saturated heterocycles. The third-order valence-corrected chi connectivity index (χ3v) is 2.38. The summed E-state index contributed by atoms with van der Waals surface area (Å²) in [6, 6.07) is 4.10. The molecule has 4 nitrogen and oxygen atoms in total. The van der Waals surface area contributed by atoms with Gasteiger partial charge >= 0.3 is 5.97 Å². The second kappa shape index (κ2) is 6.59. The van der Waals surface area contributed by atoms with Gasteiger partial charge in [-0.25, -0.2) is 0 Å². The molecule has 1 aromatic rings. The first-order valence-corrected chi connectivity index (χ1v) is 6.49. The maximum atomic E-state index is 11.5. The molecule has 0 saturated carbocycles. The number of carbonyl (C=O) groups excluding carboxylic acids is 1. The van der Waals surface area contributed by atoms with Crippen molar-refractivity contribution in [3.05, 3.63) is 24.0 Å². The van der Waals surface area contributed by atoms with Crippen LogP contribution in [0.4, 0.5) is 0 Å². The Hall–Kier alpha value is -1.29.